The first-order valence-electron chi connectivity index (χ1n) is 9.57. The number of carbonyl (C=O) groups is 1. The second-order valence-electron chi connectivity index (χ2n) is 6.93. The number of anilines is 1. The number of ether oxygens (including phenoxy) is 3. The van der Waals surface area contributed by atoms with Gasteiger partial charge in [0, 0.05) is 18.3 Å². The summed E-state index contributed by atoms with van der Waals surface area (Å²) in [6.07, 6.45) is 0. The first-order valence-corrected chi connectivity index (χ1v) is 10.6. The summed E-state index contributed by atoms with van der Waals surface area (Å²) in [5.41, 5.74) is 3.76. The van der Waals surface area contributed by atoms with Gasteiger partial charge in [-0.3, -0.25) is 4.79 Å². The first kappa shape index (κ1) is 22.5. The van der Waals surface area contributed by atoms with E-state index in [-0.39, 0.29) is 11.7 Å². The average molecular weight is 443 g/mol. The Hall–Kier alpha value is -3.20. The summed E-state index contributed by atoms with van der Waals surface area (Å²) in [7, 11) is 6.53. The second-order valence-corrected chi connectivity index (χ2v) is 7.88. The molecule has 8 nitrogen and oxygen atoms in total. The lowest BCUT2D eigenvalue weighted by molar-refractivity contribution is -0.113. The number of hydrogen-bond acceptors (Lipinski definition) is 7. The number of nitrogens with one attached hydrogen (secondary N) is 1. The summed E-state index contributed by atoms with van der Waals surface area (Å²) in [6, 6.07) is 9.55. The zero-order chi connectivity index (χ0) is 22.5. The molecule has 0 bridgehead atoms. The molecule has 0 aliphatic rings. The van der Waals surface area contributed by atoms with Gasteiger partial charge in [-0.05, 0) is 37.6 Å². The van der Waals surface area contributed by atoms with E-state index in [1.165, 1.54) is 11.8 Å². The van der Waals surface area contributed by atoms with Crippen LogP contribution in [0.5, 0.6) is 17.2 Å². The van der Waals surface area contributed by atoms with Crippen molar-refractivity contribution in [2.45, 2.75) is 19.0 Å². The number of rotatable bonds is 8. The smallest absolute Gasteiger partial charge is 0.234 e. The molecule has 0 fully saturated rings. The normalized spacial score (nSPS) is 10.6. The summed E-state index contributed by atoms with van der Waals surface area (Å²) in [5.74, 6) is 2.30. The Morgan fingerprint density at radius 1 is 1.03 bits per heavy atom. The van der Waals surface area contributed by atoms with E-state index in [9.17, 15) is 4.79 Å². The third-order valence-electron chi connectivity index (χ3n) is 4.75. The van der Waals surface area contributed by atoms with Crippen LogP contribution in [0.15, 0.2) is 35.5 Å². The van der Waals surface area contributed by atoms with Crippen LogP contribution in [0.3, 0.4) is 0 Å². The molecule has 0 saturated carbocycles. The largest absolute Gasteiger partial charge is 0.493 e. The minimum Gasteiger partial charge on any atom is -0.493 e. The number of benzene rings is 2. The van der Waals surface area contributed by atoms with Gasteiger partial charge in [0.2, 0.25) is 11.7 Å². The van der Waals surface area contributed by atoms with Crippen LogP contribution < -0.4 is 19.5 Å². The summed E-state index contributed by atoms with van der Waals surface area (Å²) in [5, 5.41) is 12.1. The molecule has 0 radical (unpaired) electrons. The molecule has 9 heteroatoms. The second kappa shape index (κ2) is 9.74. The molecule has 0 spiro atoms. The molecule has 1 amide bonds. The quantitative estimate of drug-likeness (QED) is 0.530. The lowest BCUT2D eigenvalue weighted by Gasteiger charge is -2.14. The summed E-state index contributed by atoms with van der Waals surface area (Å²) in [6.45, 7) is 4.00. The van der Waals surface area contributed by atoms with E-state index in [2.05, 4.69) is 15.5 Å². The summed E-state index contributed by atoms with van der Waals surface area (Å²) < 4.78 is 18.0. The maximum Gasteiger partial charge on any atom is 0.234 e. The van der Waals surface area contributed by atoms with Crippen molar-refractivity contribution >= 4 is 23.4 Å². The lowest BCUT2D eigenvalue weighted by Crippen LogP contribution is -2.15. The number of methoxy groups -OCH3 is 3. The molecule has 2 aromatic carbocycles. The van der Waals surface area contributed by atoms with Crippen LogP contribution in [0, 0.1) is 13.8 Å². The molecule has 1 aromatic heterocycles. The van der Waals surface area contributed by atoms with Gasteiger partial charge < -0.3 is 24.1 Å². The van der Waals surface area contributed by atoms with E-state index >= 15 is 0 Å². The van der Waals surface area contributed by atoms with Crippen molar-refractivity contribution in [2.24, 2.45) is 7.05 Å². The van der Waals surface area contributed by atoms with Gasteiger partial charge in [-0.25, -0.2) is 0 Å². The lowest BCUT2D eigenvalue weighted by atomic mass is 10.1. The number of nitrogens with zero attached hydrogens (tertiary/aromatic N) is 3. The van der Waals surface area contributed by atoms with E-state index in [0.29, 0.717) is 28.2 Å². The molecule has 0 atom stereocenters. The maximum absolute atomic E-state index is 12.4. The number of amides is 1. The molecule has 0 unspecified atom stereocenters. The predicted molar refractivity (Wildman–Crippen MR) is 121 cm³/mol. The van der Waals surface area contributed by atoms with Crippen LogP contribution in [-0.4, -0.2) is 47.8 Å². The topological polar surface area (TPSA) is 87.5 Å². The highest BCUT2D eigenvalue weighted by Crippen LogP contribution is 2.41. The molecule has 0 saturated heterocycles. The molecule has 0 aliphatic heterocycles. The summed E-state index contributed by atoms with van der Waals surface area (Å²) in [4.78, 5) is 12.4. The third-order valence-corrected chi connectivity index (χ3v) is 5.77. The molecule has 164 valence electrons. The van der Waals surface area contributed by atoms with Crippen LogP contribution in [-0.2, 0) is 11.8 Å². The minimum atomic E-state index is -0.103. The van der Waals surface area contributed by atoms with Gasteiger partial charge in [-0.1, -0.05) is 29.5 Å². The third kappa shape index (κ3) is 4.93. The fourth-order valence-corrected chi connectivity index (χ4v) is 3.88. The fourth-order valence-electron chi connectivity index (χ4n) is 3.17. The Labute approximate surface area is 185 Å². The zero-order valence-corrected chi connectivity index (χ0v) is 19.3. The number of thioether (sulfide) groups is 1. The highest BCUT2D eigenvalue weighted by Gasteiger charge is 2.19. The fraction of sp³-hybridized carbons (Fsp3) is 0.318. The zero-order valence-electron chi connectivity index (χ0n) is 18.5. The van der Waals surface area contributed by atoms with Crippen LogP contribution in [0.1, 0.15) is 11.1 Å². The Balaban J connectivity index is 1.75. The Morgan fingerprint density at radius 3 is 2.29 bits per heavy atom. The van der Waals surface area contributed by atoms with Gasteiger partial charge >= 0.3 is 0 Å². The highest BCUT2D eigenvalue weighted by molar-refractivity contribution is 7.99. The van der Waals surface area contributed by atoms with Crippen LogP contribution in [0.2, 0.25) is 0 Å². The van der Waals surface area contributed by atoms with Gasteiger partial charge in [-0.15, -0.1) is 10.2 Å². The predicted octanol–water partition coefficient (Wildman–Crippen LogP) is 3.86. The van der Waals surface area contributed by atoms with Crippen LogP contribution in [0.4, 0.5) is 5.69 Å². The van der Waals surface area contributed by atoms with Crippen LogP contribution in [0.25, 0.3) is 11.4 Å². The molecule has 1 N–H and O–H groups in total. The van der Waals surface area contributed by atoms with Crippen molar-refractivity contribution in [2.75, 3.05) is 32.4 Å². The van der Waals surface area contributed by atoms with E-state index in [1.54, 1.807) is 21.3 Å². The number of carbonyl (C=O) groups excluding carboxylic acids is 1. The van der Waals surface area contributed by atoms with Gasteiger partial charge in [0.1, 0.15) is 0 Å². The van der Waals surface area contributed by atoms with E-state index in [1.807, 2.05) is 55.8 Å². The van der Waals surface area contributed by atoms with E-state index in [0.717, 1.165) is 22.4 Å². The van der Waals surface area contributed by atoms with Crippen molar-refractivity contribution in [1.29, 1.82) is 0 Å². The first-order chi connectivity index (χ1) is 14.9. The molecule has 3 aromatic rings. The molecule has 0 aliphatic carbocycles. The van der Waals surface area contributed by atoms with Crippen molar-refractivity contribution < 1.29 is 19.0 Å². The Bertz CT molecular complexity index is 1070. The van der Waals surface area contributed by atoms with Gasteiger partial charge in [-0.2, -0.15) is 0 Å². The standard InChI is InChI=1S/C22H26N4O4S/c1-13-7-8-16(14(2)9-13)23-19(27)12-31-22-25-24-21(26(22)3)15-10-17(28-4)20(30-6)18(11-15)29-5/h7-11H,12H2,1-6H3,(H,23,27). The highest BCUT2D eigenvalue weighted by atomic mass is 32.2. The van der Waals surface area contributed by atoms with E-state index in [4.69, 9.17) is 14.2 Å². The van der Waals surface area contributed by atoms with Crippen molar-refractivity contribution in [3.05, 3.63) is 41.5 Å². The Morgan fingerprint density at radius 2 is 1.71 bits per heavy atom. The maximum atomic E-state index is 12.4. The molecular weight excluding hydrogens is 416 g/mol. The van der Waals surface area contributed by atoms with E-state index < -0.39 is 0 Å². The van der Waals surface area contributed by atoms with Crippen LogP contribution >= 0.6 is 11.8 Å². The average Bonchev–Trinajstić information content (AvgIpc) is 3.13. The minimum absolute atomic E-state index is 0.103. The molecular formula is C22H26N4O4S. The SMILES string of the molecule is COc1cc(-c2nnc(SCC(=O)Nc3ccc(C)cc3C)n2C)cc(OC)c1OC. The molecule has 31 heavy (non-hydrogen) atoms. The molecule has 3 rings (SSSR count). The number of hydrogen-bond donors (Lipinski definition) is 1. The van der Waals surface area contributed by atoms with Crippen molar-refractivity contribution in [1.82, 2.24) is 14.8 Å². The van der Waals surface area contributed by atoms with Gasteiger partial charge in [0.15, 0.2) is 22.5 Å². The number of aryl methyl sites for hydroxylation is 2. The monoisotopic (exact) mass is 442 g/mol. The van der Waals surface area contributed by atoms with Gasteiger partial charge in [0.05, 0.1) is 27.1 Å². The van der Waals surface area contributed by atoms with Gasteiger partial charge in [0.25, 0.3) is 0 Å². The summed E-state index contributed by atoms with van der Waals surface area (Å²) >= 11 is 1.32. The number of aromatic nitrogens is 3. The van der Waals surface area contributed by atoms with Crippen molar-refractivity contribution in [3.8, 4) is 28.6 Å². The molecule has 1 heterocycles. The Kier molecular flexibility index (Phi) is 7.06. The van der Waals surface area contributed by atoms with Crippen molar-refractivity contribution in [3.63, 3.8) is 0 Å².